The van der Waals surface area contributed by atoms with Crippen LogP contribution in [-0.2, 0) is 17.9 Å². The summed E-state index contributed by atoms with van der Waals surface area (Å²) in [6.45, 7) is 0.917. The molecule has 1 aromatic heterocycles. The lowest BCUT2D eigenvalue weighted by Crippen LogP contribution is -2.42. The number of nitrogens with zero attached hydrogens (tertiary/aromatic N) is 2. The number of hydrogen-bond acceptors (Lipinski definition) is 3. The zero-order chi connectivity index (χ0) is 17.4. The van der Waals surface area contributed by atoms with E-state index >= 15 is 0 Å². The number of amides is 1. The van der Waals surface area contributed by atoms with Gasteiger partial charge in [-0.3, -0.25) is 4.79 Å². The molecule has 0 fully saturated rings. The number of halogens is 2. The first-order valence-corrected chi connectivity index (χ1v) is 8.42. The lowest BCUT2D eigenvalue weighted by atomic mass is 10.2. The van der Waals surface area contributed by atoms with Crippen molar-refractivity contribution in [2.24, 2.45) is 4.99 Å². The first-order chi connectivity index (χ1) is 11.6. The first-order valence-electron chi connectivity index (χ1n) is 7.54. The van der Waals surface area contributed by atoms with Crippen LogP contribution in [0.2, 0.25) is 0 Å². The highest BCUT2D eigenvalue weighted by molar-refractivity contribution is 14.0. The van der Waals surface area contributed by atoms with Gasteiger partial charge >= 0.3 is 0 Å². The largest absolute Gasteiger partial charge is 0.351 e. The van der Waals surface area contributed by atoms with Crippen LogP contribution in [0.4, 0.5) is 4.39 Å². The Morgan fingerprint density at radius 1 is 1.20 bits per heavy atom. The second-order valence-corrected chi connectivity index (χ2v) is 6.36. The minimum Gasteiger partial charge on any atom is -0.351 e. The summed E-state index contributed by atoms with van der Waals surface area (Å²) in [5.41, 5.74) is 0.508. The number of hydrogen-bond donors (Lipinski definition) is 2. The molecular formula is C17H22FIN4OS. The zero-order valence-electron chi connectivity index (χ0n) is 14.2. The number of nitrogens with one attached hydrogen (secondary N) is 2. The molecule has 1 aromatic carbocycles. The third-order valence-electron chi connectivity index (χ3n) is 3.28. The Morgan fingerprint density at radius 2 is 1.96 bits per heavy atom. The van der Waals surface area contributed by atoms with Crippen molar-refractivity contribution in [3.63, 3.8) is 0 Å². The zero-order valence-corrected chi connectivity index (χ0v) is 17.3. The molecule has 0 spiro atoms. The van der Waals surface area contributed by atoms with Gasteiger partial charge in [0.05, 0.1) is 19.6 Å². The van der Waals surface area contributed by atoms with E-state index < -0.39 is 0 Å². The van der Waals surface area contributed by atoms with Crippen LogP contribution < -0.4 is 10.6 Å². The van der Waals surface area contributed by atoms with E-state index in [1.807, 2.05) is 17.5 Å². The molecule has 2 aromatic rings. The minimum absolute atomic E-state index is 0. The number of aliphatic imine (C=N–C) groups is 1. The van der Waals surface area contributed by atoms with Gasteiger partial charge in [0.1, 0.15) is 5.82 Å². The molecule has 136 valence electrons. The average molecular weight is 476 g/mol. The van der Waals surface area contributed by atoms with E-state index in [2.05, 4.69) is 15.6 Å². The summed E-state index contributed by atoms with van der Waals surface area (Å²) in [5.74, 6) is 0.122. The molecule has 1 heterocycles. The number of rotatable bonds is 6. The van der Waals surface area contributed by atoms with Crippen molar-refractivity contribution in [3.05, 3.63) is 58.0 Å². The number of likely N-dealkylation sites (N-methyl/N-ethyl adjacent to an activating group) is 1. The maximum atomic E-state index is 13.7. The molecule has 0 bridgehead atoms. The van der Waals surface area contributed by atoms with Gasteiger partial charge in [0.15, 0.2) is 5.96 Å². The van der Waals surface area contributed by atoms with E-state index in [1.165, 1.54) is 11.0 Å². The second-order valence-electron chi connectivity index (χ2n) is 5.33. The van der Waals surface area contributed by atoms with Crippen LogP contribution in [0.25, 0.3) is 0 Å². The van der Waals surface area contributed by atoms with Crippen LogP contribution in [0, 0.1) is 5.82 Å². The molecule has 0 saturated carbocycles. The summed E-state index contributed by atoms with van der Waals surface area (Å²) in [7, 11) is 3.39. The fourth-order valence-electron chi connectivity index (χ4n) is 1.87. The highest BCUT2D eigenvalue weighted by Gasteiger charge is 2.07. The number of carbonyl (C=O) groups excluding carboxylic acids is 1. The molecule has 0 aliphatic heterocycles. The van der Waals surface area contributed by atoms with E-state index in [1.54, 1.807) is 43.6 Å². The topological polar surface area (TPSA) is 56.7 Å². The summed E-state index contributed by atoms with van der Waals surface area (Å²) < 4.78 is 13.7. The van der Waals surface area contributed by atoms with Crippen LogP contribution >= 0.6 is 35.3 Å². The van der Waals surface area contributed by atoms with Crippen molar-refractivity contribution in [1.82, 2.24) is 15.5 Å². The highest BCUT2D eigenvalue weighted by Crippen LogP contribution is 2.08. The molecule has 5 nitrogen and oxygen atoms in total. The highest BCUT2D eigenvalue weighted by atomic mass is 127. The summed E-state index contributed by atoms with van der Waals surface area (Å²) >= 11 is 1.63. The Balaban J connectivity index is 0.00000312. The summed E-state index contributed by atoms with van der Waals surface area (Å²) in [6, 6.07) is 10.5. The number of thiophene rings is 1. The van der Waals surface area contributed by atoms with Crippen molar-refractivity contribution in [2.75, 3.05) is 20.6 Å². The van der Waals surface area contributed by atoms with Crippen molar-refractivity contribution in [2.45, 2.75) is 13.1 Å². The SMILES string of the molecule is CN(C)C(=O)CNC(=NCc1ccccc1F)NCc1cccs1.I. The Hall–Kier alpha value is -1.68. The van der Waals surface area contributed by atoms with Gasteiger partial charge < -0.3 is 15.5 Å². The lowest BCUT2D eigenvalue weighted by Gasteiger charge is -2.14. The van der Waals surface area contributed by atoms with E-state index in [4.69, 9.17) is 0 Å². The van der Waals surface area contributed by atoms with Gasteiger partial charge in [-0.2, -0.15) is 0 Å². The van der Waals surface area contributed by atoms with Gasteiger partial charge in [-0.05, 0) is 17.5 Å². The Bertz CT molecular complexity index is 692. The molecule has 0 unspecified atom stereocenters. The van der Waals surface area contributed by atoms with Crippen molar-refractivity contribution in [1.29, 1.82) is 0 Å². The maximum absolute atomic E-state index is 13.7. The van der Waals surface area contributed by atoms with Gasteiger partial charge in [-0.25, -0.2) is 9.38 Å². The molecule has 2 N–H and O–H groups in total. The first kappa shape index (κ1) is 21.4. The standard InChI is InChI=1S/C17H21FN4OS.HI/c1-22(2)16(23)12-21-17(20-11-14-7-5-9-24-14)19-10-13-6-3-4-8-15(13)18;/h3-9H,10-12H2,1-2H3,(H2,19,20,21);1H. The van der Waals surface area contributed by atoms with E-state index in [9.17, 15) is 9.18 Å². The molecule has 0 aliphatic rings. The molecule has 0 atom stereocenters. The lowest BCUT2D eigenvalue weighted by molar-refractivity contribution is -0.127. The Labute approximate surface area is 168 Å². The molecule has 0 saturated heterocycles. The van der Waals surface area contributed by atoms with Crippen molar-refractivity contribution < 1.29 is 9.18 Å². The third-order valence-corrected chi connectivity index (χ3v) is 4.16. The molecule has 1 amide bonds. The minimum atomic E-state index is -0.289. The smallest absolute Gasteiger partial charge is 0.241 e. The summed E-state index contributed by atoms with van der Waals surface area (Å²) in [6.07, 6.45) is 0. The van der Waals surface area contributed by atoms with Crippen LogP contribution in [0.3, 0.4) is 0 Å². The number of guanidine groups is 1. The summed E-state index contributed by atoms with van der Waals surface area (Å²) in [5, 5.41) is 8.14. The predicted molar refractivity (Wildman–Crippen MR) is 111 cm³/mol. The molecule has 0 radical (unpaired) electrons. The molecule has 25 heavy (non-hydrogen) atoms. The monoisotopic (exact) mass is 476 g/mol. The van der Waals surface area contributed by atoms with E-state index in [0.717, 1.165) is 4.88 Å². The fourth-order valence-corrected chi connectivity index (χ4v) is 2.51. The Kier molecular flexibility index (Phi) is 9.43. The van der Waals surface area contributed by atoms with Gasteiger partial charge in [0.2, 0.25) is 5.91 Å². The van der Waals surface area contributed by atoms with Gasteiger partial charge in [-0.15, -0.1) is 35.3 Å². The van der Waals surface area contributed by atoms with Gasteiger partial charge in [0.25, 0.3) is 0 Å². The second kappa shape index (κ2) is 11.0. The fraction of sp³-hybridized carbons (Fsp3) is 0.294. The molecular weight excluding hydrogens is 454 g/mol. The quantitative estimate of drug-likeness (QED) is 0.383. The number of carbonyl (C=O) groups is 1. The molecule has 2 rings (SSSR count). The van der Waals surface area contributed by atoms with Crippen LogP contribution in [0.15, 0.2) is 46.8 Å². The molecule has 0 aliphatic carbocycles. The summed E-state index contributed by atoms with van der Waals surface area (Å²) in [4.78, 5) is 18.8. The average Bonchev–Trinajstić information content (AvgIpc) is 3.08. The predicted octanol–water partition coefficient (Wildman–Crippen LogP) is 2.83. The van der Waals surface area contributed by atoms with Crippen LogP contribution in [0.1, 0.15) is 10.4 Å². The Morgan fingerprint density at radius 3 is 2.60 bits per heavy atom. The van der Waals surface area contributed by atoms with Gasteiger partial charge in [-0.1, -0.05) is 24.3 Å². The van der Waals surface area contributed by atoms with E-state index in [-0.39, 0.29) is 48.8 Å². The van der Waals surface area contributed by atoms with Crippen LogP contribution in [0.5, 0.6) is 0 Å². The van der Waals surface area contributed by atoms with Crippen molar-refractivity contribution in [3.8, 4) is 0 Å². The maximum Gasteiger partial charge on any atom is 0.241 e. The van der Waals surface area contributed by atoms with Crippen molar-refractivity contribution >= 4 is 47.2 Å². The van der Waals surface area contributed by atoms with Crippen LogP contribution in [-0.4, -0.2) is 37.4 Å². The van der Waals surface area contributed by atoms with Gasteiger partial charge in [0, 0.05) is 24.5 Å². The third kappa shape index (κ3) is 7.39. The van der Waals surface area contributed by atoms with E-state index in [0.29, 0.717) is 18.1 Å². The molecule has 8 heteroatoms. The number of benzene rings is 1. The normalized spacial score (nSPS) is 10.8.